The van der Waals surface area contributed by atoms with Gasteiger partial charge < -0.3 is 11.1 Å². The van der Waals surface area contributed by atoms with E-state index in [9.17, 15) is 4.79 Å². The van der Waals surface area contributed by atoms with Crippen molar-refractivity contribution in [3.8, 4) is 0 Å². The molecule has 20 heavy (non-hydrogen) atoms. The highest BCUT2D eigenvalue weighted by Gasteiger charge is 2.12. The van der Waals surface area contributed by atoms with Crippen molar-refractivity contribution in [3.05, 3.63) is 41.3 Å². The van der Waals surface area contributed by atoms with Crippen molar-refractivity contribution in [1.82, 2.24) is 20.1 Å². The third-order valence-corrected chi connectivity index (χ3v) is 2.98. The van der Waals surface area contributed by atoms with Gasteiger partial charge in [-0.2, -0.15) is 5.10 Å². The highest BCUT2D eigenvalue weighted by molar-refractivity contribution is 5.76. The van der Waals surface area contributed by atoms with E-state index in [1.165, 1.54) is 4.68 Å². The molecule has 2 aromatic rings. The van der Waals surface area contributed by atoms with Gasteiger partial charge in [0.2, 0.25) is 5.91 Å². The Morgan fingerprint density at radius 1 is 1.45 bits per heavy atom. The van der Waals surface area contributed by atoms with Crippen LogP contribution in [0.3, 0.4) is 0 Å². The topological polar surface area (TPSA) is 85.8 Å². The molecule has 0 aliphatic rings. The molecule has 2 aromatic heterocycles. The number of anilines is 1. The van der Waals surface area contributed by atoms with Crippen molar-refractivity contribution in [3.63, 3.8) is 0 Å². The molecule has 1 amide bonds. The molecule has 0 fully saturated rings. The molecular weight excluding hydrogens is 254 g/mol. The Morgan fingerprint density at radius 3 is 2.75 bits per heavy atom. The number of nitrogen functional groups attached to an aromatic ring is 1. The molecule has 1 atom stereocenters. The van der Waals surface area contributed by atoms with E-state index in [0.717, 1.165) is 17.0 Å². The zero-order chi connectivity index (χ0) is 14.7. The molecule has 0 aromatic carbocycles. The van der Waals surface area contributed by atoms with Crippen molar-refractivity contribution >= 4 is 11.7 Å². The Kier molecular flexibility index (Phi) is 4.02. The molecule has 0 spiro atoms. The van der Waals surface area contributed by atoms with Crippen LogP contribution >= 0.6 is 0 Å². The second kappa shape index (κ2) is 5.73. The molecule has 0 aliphatic heterocycles. The van der Waals surface area contributed by atoms with Gasteiger partial charge in [-0.25, -0.2) is 4.68 Å². The Labute approximate surface area is 118 Å². The molecule has 106 valence electrons. The van der Waals surface area contributed by atoms with Crippen LogP contribution in [0.5, 0.6) is 0 Å². The first kappa shape index (κ1) is 14.0. The number of nitrogens with one attached hydrogen (secondary N) is 1. The van der Waals surface area contributed by atoms with Gasteiger partial charge in [-0.3, -0.25) is 9.78 Å². The first-order chi connectivity index (χ1) is 9.45. The summed E-state index contributed by atoms with van der Waals surface area (Å²) >= 11 is 0. The van der Waals surface area contributed by atoms with Crippen LogP contribution in [0.15, 0.2) is 24.4 Å². The third kappa shape index (κ3) is 3.34. The Bertz CT molecular complexity index is 603. The predicted octanol–water partition coefficient (Wildman–Crippen LogP) is 1.35. The maximum atomic E-state index is 12.0. The summed E-state index contributed by atoms with van der Waals surface area (Å²) in [4.78, 5) is 16.3. The smallest absolute Gasteiger partial charge is 0.242 e. The van der Waals surface area contributed by atoms with E-state index in [2.05, 4.69) is 15.4 Å². The van der Waals surface area contributed by atoms with Gasteiger partial charge in [-0.1, -0.05) is 6.07 Å². The normalized spacial score (nSPS) is 12.2. The Morgan fingerprint density at radius 2 is 2.20 bits per heavy atom. The van der Waals surface area contributed by atoms with Crippen LogP contribution in [-0.2, 0) is 11.3 Å². The van der Waals surface area contributed by atoms with Gasteiger partial charge in [-0.15, -0.1) is 0 Å². The number of carbonyl (C=O) groups is 1. The lowest BCUT2D eigenvalue weighted by Gasteiger charge is -2.14. The van der Waals surface area contributed by atoms with Crippen molar-refractivity contribution in [1.29, 1.82) is 0 Å². The van der Waals surface area contributed by atoms with Crippen molar-refractivity contribution < 1.29 is 4.79 Å². The van der Waals surface area contributed by atoms with Gasteiger partial charge in [-0.05, 0) is 32.4 Å². The maximum Gasteiger partial charge on any atom is 0.242 e. The molecule has 6 nitrogen and oxygen atoms in total. The molecule has 0 bridgehead atoms. The standard InChI is InChI=1S/C14H19N5O/c1-9-4-5-12(16-7-9)11(3)17-14(20)8-19-13(15)6-10(2)18-19/h4-7,11H,8,15H2,1-3H3,(H,17,20)/t11-/m0/s1. The summed E-state index contributed by atoms with van der Waals surface area (Å²) in [5.41, 5.74) is 8.47. The minimum Gasteiger partial charge on any atom is -0.384 e. The lowest BCUT2D eigenvalue weighted by molar-refractivity contribution is -0.122. The van der Waals surface area contributed by atoms with Crippen LogP contribution in [0.4, 0.5) is 5.82 Å². The van der Waals surface area contributed by atoms with Gasteiger partial charge in [0.05, 0.1) is 17.4 Å². The predicted molar refractivity (Wildman–Crippen MR) is 76.9 cm³/mol. The minimum atomic E-state index is -0.152. The van der Waals surface area contributed by atoms with E-state index >= 15 is 0 Å². The highest BCUT2D eigenvalue weighted by Crippen LogP contribution is 2.10. The van der Waals surface area contributed by atoms with Crippen molar-refractivity contribution in [2.45, 2.75) is 33.4 Å². The van der Waals surface area contributed by atoms with Crippen LogP contribution < -0.4 is 11.1 Å². The minimum absolute atomic E-state index is 0.107. The molecular formula is C14H19N5O. The van der Waals surface area contributed by atoms with Gasteiger partial charge in [0.25, 0.3) is 0 Å². The fraction of sp³-hybridized carbons (Fsp3) is 0.357. The molecule has 0 unspecified atom stereocenters. The summed E-state index contributed by atoms with van der Waals surface area (Å²) in [6.07, 6.45) is 1.78. The fourth-order valence-corrected chi connectivity index (χ4v) is 1.92. The summed E-state index contributed by atoms with van der Waals surface area (Å²) < 4.78 is 1.49. The van der Waals surface area contributed by atoms with Gasteiger partial charge >= 0.3 is 0 Å². The van der Waals surface area contributed by atoms with Crippen molar-refractivity contribution in [2.24, 2.45) is 0 Å². The Hall–Kier alpha value is -2.37. The van der Waals surface area contributed by atoms with Crippen LogP contribution in [0.1, 0.15) is 29.9 Å². The molecule has 0 saturated carbocycles. The largest absolute Gasteiger partial charge is 0.384 e. The number of nitrogens with zero attached hydrogens (tertiary/aromatic N) is 3. The average molecular weight is 273 g/mol. The fourth-order valence-electron chi connectivity index (χ4n) is 1.92. The molecule has 2 rings (SSSR count). The van der Waals surface area contributed by atoms with E-state index in [0.29, 0.717) is 5.82 Å². The number of rotatable bonds is 4. The van der Waals surface area contributed by atoms with Gasteiger partial charge in [0.15, 0.2) is 0 Å². The second-order valence-corrected chi connectivity index (χ2v) is 4.92. The Balaban J connectivity index is 1.97. The van der Waals surface area contributed by atoms with Crippen LogP contribution in [0.2, 0.25) is 0 Å². The van der Waals surface area contributed by atoms with Crippen LogP contribution in [0.25, 0.3) is 0 Å². The number of nitrogens with two attached hydrogens (primary N) is 1. The summed E-state index contributed by atoms with van der Waals surface area (Å²) in [5, 5.41) is 7.04. The molecule has 6 heteroatoms. The van der Waals surface area contributed by atoms with E-state index in [-0.39, 0.29) is 18.5 Å². The van der Waals surface area contributed by atoms with E-state index in [1.807, 2.05) is 32.9 Å². The maximum absolute atomic E-state index is 12.0. The number of aryl methyl sites for hydroxylation is 2. The number of hydrogen-bond acceptors (Lipinski definition) is 4. The molecule has 3 N–H and O–H groups in total. The summed E-state index contributed by atoms with van der Waals surface area (Å²) in [5.74, 6) is 0.341. The number of amides is 1. The van der Waals surface area contributed by atoms with E-state index < -0.39 is 0 Å². The zero-order valence-corrected chi connectivity index (χ0v) is 11.9. The highest BCUT2D eigenvalue weighted by atomic mass is 16.2. The summed E-state index contributed by atoms with van der Waals surface area (Å²) in [7, 11) is 0. The van der Waals surface area contributed by atoms with E-state index in [4.69, 9.17) is 5.73 Å². The molecule has 0 aliphatic carbocycles. The monoisotopic (exact) mass is 273 g/mol. The van der Waals surface area contributed by atoms with Crippen LogP contribution in [-0.4, -0.2) is 20.7 Å². The SMILES string of the molecule is Cc1ccc([C@H](C)NC(=O)Cn2nc(C)cc2N)nc1. The van der Waals surface area contributed by atoms with Crippen molar-refractivity contribution in [2.75, 3.05) is 5.73 Å². The summed E-state index contributed by atoms with van der Waals surface area (Å²) in [6, 6.07) is 5.46. The first-order valence-corrected chi connectivity index (χ1v) is 6.47. The van der Waals surface area contributed by atoms with Gasteiger partial charge in [0, 0.05) is 12.3 Å². The average Bonchev–Trinajstić information content (AvgIpc) is 2.68. The van der Waals surface area contributed by atoms with Gasteiger partial charge in [0.1, 0.15) is 12.4 Å². The lowest BCUT2D eigenvalue weighted by atomic mass is 10.2. The number of carbonyl (C=O) groups excluding carboxylic acids is 1. The molecule has 2 heterocycles. The van der Waals surface area contributed by atoms with Crippen LogP contribution in [0, 0.1) is 13.8 Å². The number of pyridine rings is 1. The third-order valence-electron chi connectivity index (χ3n) is 2.98. The summed E-state index contributed by atoms with van der Waals surface area (Å²) in [6.45, 7) is 5.82. The number of hydrogen-bond donors (Lipinski definition) is 2. The zero-order valence-electron chi connectivity index (χ0n) is 11.9. The lowest BCUT2D eigenvalue weighted by Crippen LogP contribution is -2.31. The second-order valence-electron chi connectivity index (χ2n) is 4.92. The van der Waals surface area contributed by atoms with E-state index in [1.54, 1.807) is 12.3 Å². The quantitative estimate of drug-likeness (QED) is 0.880. The molecule has 0 radical (unpaired) electrons. The number of aromatic nitrogens is 3. The molecule has 0 saturated heterocycles. The first-order valence-electron chi connectivity index (χ1n) is 6.47.